The first-order chi connectivity index (χ1) is 12.6. The molecular weight excluding hydrogens is 344 g/mol. The largest absolute Gasteiger partial charge is 0.366 e. The van der Waals surface area contributed by atoms with Crippen molar-refractivity contribution < 1.29 is 4.79 Å². The molecule has 1 aliphatic carbocycles. The van der Waals surface area contributed by atoms with Crippen molar-refractivity contribution in [2.24, 2.45) is 11.7 Å². The lowest BCUT2D eigenvalue weighted by atomic mass is 9.76. The Morgan fingerprint density at radius 3 is 2.73 bits per heavy atom. The molecule has 0 unspecified atom stereocenters. The molecule has 5 nitrogen and oxygen atoms in total. The Bertz CT molecular complexity index is 774. The Kier molecular flexibility index (Phi) is 6.14. The van der Waals surface area contributed by atoms with E-state index < -0.39 is 0 Å². The van der Waals surface area contributed by atoms with Gasteiger partial charge in [0.2, 0.25) is 5.91 Å². The van der Waals surface area contributed by atoms with Gasteiger partial charge in [0.25, 0.3) is 0 Å². The molecule has 0 aliphatic heterocycles. The molecule has 0 saturated heterocycles. The van der Waals surface area contributed by atoms with Crippen molar-refractivity contribution in [3.05, 3.63) is 41.6 Å². The third-order valence-corrected chi connectivity index (χ3v) is 5.82. The molecule has 1 atom stereocenters. The van der Waals surface area contributed by atoms with Gasteiger partial charge in [-0.25, -0.2) is 9.97 Å². The molecule has 0 spiro atoms. The number of rotatable bonds is 6. The third kappa shape index (κ3) is 4.36. The number of nitrogens with two attached hydrogens (primary N) is 1. The van der Waals surface area contributed by atoms with E-state index in [1.54, 1.807) is 6.20 Å². The Labute approximate surface area is 159 Å². The predicted molar refractivity (Wildman–Crippen MR) is 107 cm³/mol. The van der Waals surface area contributed by atoms with Gasteiger partial charge in [0.15, 0.2) is 5.16 Å². The van der Waals surface area contributed by atoms with Gasteiger partial charge in [-0.3, -0.25) is 4.79 Å². The van der Waals surface area contributed by atoms with E-state index in [2.05, 4.69) is 22.2 Å². The number of aromatic nitrogens is 2. The first kappa shape index (κ1) is 18.7. The van der Waals surface area contributed by atoms with Gasteiger partial charge in [0.1, 0.15) is 5.82 Å². The zero-order chi connectivity index (χ0) is 18.5. The van der Waals surface area contributed by atoms with E-state index in [-0.39, 0.29) is 5.91 Å². The van der Waals surface area contributed by atoms with E-state index in [0.29, 0.717) is 28.4 Å². The minimum absolute atomic E-state index is 0.342. The highest BCUT2D eigenvalue weighted by Crippen LogP contribution is 2.37. The highest BCUT2D eigenvalue weighted by molar-refractivity contribution is 7.98. The summed E-state index contributed by atoms with van der Waals surface area (Å²) in [5.74, 6) is 1.30. The molecule has 6 heteroatoms. The van der Waals surface area contributed by atoms with E-state index in [0.717, 1.165) is 11.3 Å². The molecule has 3 N–H and O–H groups in total. The normalized spacial score (nSPS) is 16.2. The fourth-order valence-corrected chi connectivity index (χ4v) is 4.15. The van der Waals surface area contributed by atoms with Crippen molar-refractivity contribution in [2.45, 2.75) is 50.1 Å². The lowest BCUT2D eigenvalue weighted by Gasteiger charge is -2.29. The fraction of sp³-hybridized carbons (Fsp3) is 0.450. The topological polar surface area (TPSA) is 80.9 Å². The van der Waals surface area contributed by atoms with Crippen LogP contribution < -0.4 is 11.1 Å². The molecule has 138 valence electrons. The molecule has 1 aromatic carbocycles. The monoisotopic (exact) mass is 370 g/mol. The highest BCUT2D eigenvalue weighted by Gasteiger charge is 2.24. The Morgan fingerprint density at radius 2 is 2.04 bits per heavy atom. The van der Waals surface area contributed by atoms with Gasteiger partial charge in [0, 0.05) is 17.4 Å². The minimum Gasteiger partial charge on any atom is -0.366 e. The number of carbonyl (C=O) groups excluding carboxylic acids is 1. The number of primary amides is 1. The SMILES string of the molecule is CSc1nccc(Nc2ccc([C@H](C)C3CCCCC3)c(C(N)=O)c2)n1. The summed E-state index contributed by atoms with van der Waals surface area (Å²) >= 11 is 1.49. The second-order valence-corrected chi connectivity index (χ2v) is 7.68. The van der Waals surface area contributed by atoms with Crippen molar-refractivity contribution in [2.75, 3.05) is 11.6 Å². The second-order valence-electron chi connectivity index (χ2n) is 6.91. The number of hydrogen-bond donors (Lipinski definition) is 2. The van der Waals surface area contributed by atoms with Crippen LogP contribution in [-0.2, 0) is 0 Å². The van der Waals surface area contributed by atoms with E-state index in [1.165, 1.54) is 43.9 Å². The summed E-state index contributed by atoms with van der Waals surface area (Å²) in [5.41, 5.74) is 8.17. The molecule has 1 amide bonds. The molecule has 1 saturated carbocycles. The molecule has 1 aromatic heterocycles. The summed E-state index contributed by atoms with van der Waals surface area (Å²) in [6.45, 7) is 2.22. The summed E-state index contributed by atoms with van der Waals surface area (Å²) in [6.07, 6.45) is 10.0. The zero-order valence-electron chi connectivity index (χ0n) is 15.4. The summed E-state index contributed by atoms with van der Waals surface area (Å²) in [7, 11) is 0. The van der Waals surface area contributed by atoms with Crippen LogP contribution in [0.25, 0.3) is 0 Å². The van der Waals surface area contributed by atoms with Gasteiger partial charge >= 0.3 is 0 Å². The number of anilines is 2. The van der Waals surface area contributed by atoms with Gasteiger partial charge < -0.3 is 11.1 Å². The number of nitrogens with zero attached hydrogens (tertiary/aromatic N) is 2. The zero-order valence-corrected chi connectivity index (χ0v) is 16.2. The van der Waals surface area contributed by atoms with Crippen LogP contribution in [0.4, 0.5) is 11.5 Å². The van der Waals surface area contributed by atoms with Crippen LogP contribution in [-0.4, -0.2) is 22.1 Å². The average molecular weight is 371 g/mol. The van der Waals surface area contributed by atoms with E-state index in [9.17, 15) is 4.79 Å². The van der Waals surface area contributed by atoms with E-state index >= 15 is 0 Å². The Hall–Kier alpha value is -2.08. The number of hydrogen-bond acceptors (Lipinski definition) is 5. The first-order valence-electron chi connectivity index (χ1n) is 9.16. The summed E-state index contributed by atoms with van der Waals surface area (Å²) in [6, 6.07) is 7.69. The molecule has 2 aromatic rings. The summed E-state index contributed by atoms with van der Waals surface area (Å²) in [4.78, 5) is 20.7. The van der Waals surface area contributed by atoms with Crippen LogP contribution in [0, 0.1) is 5.92 Å². The molecule has 1 fully saturated rings. The van der Waals surface area contributed by atoms with E-state index in [4.69, 9.17) is 5.73 Å². The lowest BCUT2D eigenvalue weighted by molar-refractivity contribution is 0.0998. The minimum atomic E-state index is -0.376. The second kappa shape index (κ2) is 8.54. The summed E-state index contributed by atoms with van der Waals surface area (Å²) in [5, 5.41) is 3.95. The van der Waals surface area contributed by atoms with Crippen LogP contribution in [0.3, 0.4) is 0 Å². The maximum Gasteiger partial charge on any atom is 0.249 e. The molecule has 0 bridgehead atoms. The van der Waals surface area contributed by atoms with Crippen LogP contribution in [0.5, 0.6) is 0 Å². The highest BCUT2D eigenvalue weighted by atomic mass is 32.2. The smallest absolute Gasteiger partial charge is 0.249 e. The Balaban J connectivity index is 1.85. The van der Waals surface area contributed by atoms with E-state index in [1.807, 2.05) is 30.5 Å². The Morgan fingerprint density at radius 1 is 1.27 bits per heavy atom. The lowest BCUT2D eigenvalue weighted by Crippen LogP contribution is -2.20. The third-order valence-electron chi connectivity index (χ3n) is 5.25. The number of amides is 1. The molecule has 1 heterocycles. The molecule has 3 rings (SSSR count). The average Bonchev–Trinajstić information content (AvgIpc) is 2.68. The van der Waals surface area contributed by atoms with Gasteiger partial charge in [-0.15, -0.1) is 0 Å². The predicted octanol–water partition coefficient (Wildman–Crippen LogP) is 4.72. The molecule has 26 heavy (non-hydrogen) atoms. The van der Waals surface area contributed by atoms with Gasteiger partial charge in [-0.05, 0) is 54.7 Å². The van der Waals surface area contributed by atoms with Gasteiger partial charge in [-0.2, -0.15) is 0 Å². The standard InChI is InChI=1S/C20H26N4OS/c1-13(14-6-4-3-5-7-14)16-9-8-15(12-17(16)19(21)25)23-18-10-11-22-20(24-18)26-2/h8-14H,3-7H2,1-2H3,(H2,21,25)(H,22,23,24)/t13-/m1/s1. The molecular formula is C20H26N4OS. The molecule has 0 radical (unpaired) electrons. The van der Waals surface area contributed by atoms with Crippen molar-refractivity contribution in [3.63, 3.8) is 0 Å². The number of nitrogens with one attached hydrogen (secondary N) is 1. The van der Waals surface area contributed by atoms with Crippen LogP contribution in [0.2, 0.25) is 0 Å². The first-order valence-corrected chi connectivity index (χ1v) is 10.4. The van der Waals surface area contributed by atoms with Gasteiger partial charge in [0.05, 0.1) is 0 Å². The van der Waals surface area contributed by atoms with Crippen molar-refractivity contribution >= 4 is 29.2 Å². The van der Waals surface area contributed by atoms with Crippen molar-refractivity contribution in [1.82, 2.24) is 9.97 Å². The van der Waals surface area contributed by atoms with Crippen LogP contribution >= 0.6 is 11.8 Å². The fourth-order valence-electron chi connectivity index (χ4n) is 3.79. The quantitative estimate of drug-likeness (QED) is 0.568. The van der Waals surface area contributed by atoms with Crippen molar-refractivity contribution in [1.29, 1.82) is 0 Å². The van der Waals surface area contributed by atoms with Gasteiger partial charge in [-0.1, -0.05) is 44.0 Å². The van der Waals surface area contributed by atoms with Crippen LogP contribution in [0.1, 0.15) is 60.9 Å². The maximum atomic E-state index is 12.1. The number of thioether (sulfide) groups is 1. The molecule has 1 aliphatic rings. The van der Waals surface area contributed by atoms with Crippen LogP contribution in [0.15, 0.2) is 35.6 Å². The number of carbonyl (C=O) groups is 1. The number of benzene rings is 1. The summed E-state index contributed by atoms with van der Waals surface area (Å²) < 4.78 is 0. The maximum absolute atomic E-state index is 12.1. The van der Waals surface area contributed by atoms with Crippen molar-refractivity contribution in [3.8, 4) is 0 Å².